The molecule has 0 radical (unpaired) electrons. The van der Waals surface area contributed by atoms with E-state index >= 15 is 0 Å². The van der Waals surface area contributed by atoms with E-state index < -0.39 is 0 Å². The number of unbranched alkanes of at least 4 members (excludes halogenated alkanes) is 4. The summed E-state index contributed by atoms with van der Waals surface area (Å²) in [5.41, 5.74) is 3.02. The lowest BCUT2D eigenvalue weighted by molar-refractivity contribution is 0.125. The van der Waals surface area contributed by atoms with Crippen LogP contribution in [-0.2, 0) is 6.42 Å². The van der Waals surface area contributed by atoms with Gasteiger partial charge in [-0.15, -0.1) is 0 Å². The zero-order chi connectivity index (χ0) is 20.0. The summed E-state index contributed by atoms with van der Waals surface area (Å²) in [6.07, 6.45) is 11.6. The lowest BCUT2D eigenvalue weighted by Gasteiger charge is -2.34. The van der Waals surface area contributed by atoms with E-state index in [1.54, 1.807) is 5.56 Å². The molecular formula is C25H44N2O. The Hall–Kier alpha value is -0.900. The third-order valence-corrected chi connectivity index (χ3v) is 6.41. The summed E-state index contributed by atoms with van der Waals surface area (Å²) in [4.78, 5) is 5.07. The second-order valence-electron chi connectivity index (χ2n) is 8.56. The van der Waals surface area contributed by atoms with Gasteiger partial charge in [-0.1, -0.05) is 70.2 Å². The van der Waals surface area contributed by atoms with Gasteiger partial charge in [-0.2, -0.15) is 0 Å². The number of hydrogen-bond donors (Lipinski definition) is 1. The van der Waals surface area contributed by atoms with Gasteiger partial charge < -0.3 is 14.9 Å². The summed E-state index contributed by atoms with van der Waals surface area (Å²) < 4.78 is 0. The summed E-state index contributed by atoms with van der Waals surface area (Å²) in [5.74, 6) is 0.739. The molecule has 0 aromatic heterocycles. The summed E-state index contributed by atoms with van der Waals surface area (Å²) in [7, 11) is 0. The second-order valence-corrected chi connectivity index (χ2v) is 8.56. The van der Waals surface area contributed by atoms with Gasteiger partial charge in [0.2, 0.25) is 0 Å². The van der Waals surface area contributed by atoms with E-state index in [9.17, 15) is 0 Å². The molecule has 1 saturated heterocycles. The summed E-state index contributed by atoms with van der Waals surface area (Å²) in [5, 5.41) is 8.97. The molecule has 1 aliphatic rings. The fourth-order valence-electron chi connectivity index (χ4n) is 4.38. The minimum atomic E-state index is 0.313. The van der Waals surface area contributed by atoms with Gasteiger partial charge in [-0.05, 0) is 42.7 Å². The predicted octanol–water partition coefficient (Wildman–Crippen LogP) is 5.08. The zero-order valence-electron chi connectivity index (χ0n) is 18.5. The van der Waals surface area contributed by atoms with Gasteiger partial charge in [-0.25, -0.2) is 0 Å². The Balaban J connectivity index is 1.69. The highest BCUT2D eigenvalue weighted by Crippen LogP contribution is 2.26. The first-order valence-corrected chi connectivity index (χ1v) is 11.9. The summed E-state index contributed by atoms with van der Waals surface area (Å²) >= 11 is 0. The van der Waals surface area contributed by atoms with Crippen LogP contribution in [0.1, 0.15) is 82.3 Å². The molecule has 1 heterocycles. The van der Waals surface area contributed by atoms with Crippen molar-refractivity contribution >= 4 is 0 Å². The SMILES string of the molecule is CCCCCCCC(CC)c1ccc(CCN2CCN(CCCO)CC2)cc1. The van der Waals surface area contributed by atoms with Crippen molar-refractivity contribution in [1.82, 2.24) is 9.80 Å². The topological polar surface area (TPSA) is 26.7 Å². The van der Waals surface area contributed by atoms with Gasteiger partial charge in [-0.3, -0.25) is 0 Å². The van der Waals surface area contributed by atoms with E-state index in [-0.39, 0.29) is 0 Å². The van der Waals surface area contributed by atoms with Gasteiger partial charge in [0.05, 0.1) is 0 Å². The minimum absolute atomic E-state index is 0.313. The Morgan fingerprint density at radius 3 is 2.07 bits per heavy atom. The summed E-state index contributed by atoms with van der Waals surface area (Å²) in [6.45, 7) is 11.8. The number of nitrogens with zero attached hydrogens (tertiary/aromatic N) is 2. The van der Waals surface area contributed by atoms with Crippen molar-refractivity contribution in [2.75, 3.05) is 45.9 Å². The van der Waals surface area contributed by atoms with E-state index in [2.05, 4.69) is 47.9 Å². The van der Waals surface area contributed by atoms with Crippen LogP contribution in [0, 0.1) is 0 Å². The van der Waals surface area contributed by atoms with Gasteiger partial charge in [0.15, 0.2) is 0 Å². The summed E-state index contributed by atoms with van der Waals surface area (Å²) in [6, 6.07) is 9.52. The molecule has 1 fully saturated rings. The number of aliphatic hydroxyl groups is 1. The van der Waals surface area contributed by atoms with E-state index in [0.29, 0.717) is 6.61 Å². The van der Waals surface area contributed by atoms with Crippen molar-refractivity contribution in [3.63, 3.8) is 0 Å². The van der Waals surface area contributed by atoms with E-state index in [1.165, 1.54) is 70.1 Å². The first-order chi connectivity index (χ1) is 13.8. The first-order valence-electron chi connectivity index (χ1n) is 11.9. The molecule has 0 saturated carbocycles. The van der Waals surface area contributed by atoms with Crippen LogP contribution in [0.4, 0.5) is 0 Å². The number of benzene rings is 1. The van der Waals surface area contributed by atoms with Crippen LogP contribution < -0.4 is 0 Å². The van der Waals surface area contributed by atoms with Crippen molar-refractivity contribution in [2.45, 2.75) is 77.6 Å². The number of rotatable bonds is 14. The maximum absolute atomic E-state index is 8.97. The molecular weight excluding hydrogens is 344 g/mol. The molecule has 1 aromatic rings. The molecule has 3 nitrogen and oxygen atoms in total. The lowest BCUT2D eigenvalue weighted by atomic mass is 9.90. The molecule has 1 N–H and O–H groups in total. The van der Waals surface area contributed by atoms with Crippen LogP contribution in [0.25, 0.3) is 0 Å². The molecule has 0 spiro atoms. The van der Waals surface area contributed by atoms with Crippen LogP contribution in [0.15, 0.2) is 24.3 Å². The van der Waals surface area contributed by atoms with Crippen molar-refractivity contribution in [2.24, 2.45) is 0 Å². The van der Waals surface area contributed by atoms with Gasteiger partial charge in [0.1, 0.15) is 0 Å². The Bertz CT molecular complexity index is 494. The van der Waals surface area contributed by atoms with Crippen LogP contribution in [0.5, 0.6) is 0 Å². The zero-order valence-corrected chi connectivity index (χ0v) is 18.5. The van der Waals surface area contributed by atoms with Crippen molar-refractivity contribution in [3.05, 3.63) is 35.4 Å². The normalized spacial score (nSPS) is 17.1. The largest absolute Gasteiger partial charge is 0.396 e. The Morgan fingerprint density at radius 1 is 0.821 bits per heavy atom. The Morgan fingerprint density at radius 2 is 1.46 bits per heavy atom. The van der Waals surface area contributed by atoms with E-state index in [0.717, 1.165) is 38.4 Å². The molecule has 1 aromatic carbocycles. The quantitative estimate of drug-likeness (QED) is 0.450. The third-order valence-electron chi connectivity index (χ3n) is 6.41. The molecule has 2 rings (SSSR count). The maximum Gasteiger partial charge on any atom is 0.0443 e. The third kappa shape index (κ3) is 8.63. The van der Waals surface area contributed by atoms with Crippen LogP contribution in [-0.4, -0.2) is 60.8 Å². The molecule has 160 valence electrons. The molecule has 1 atom stereocenters. The molecule has 1 aliphatic heterocycles. The van der Waals surface area contributed by atoms with Crippen LogP contribution in [0.3, 0.4) is 0 Å². The lowest BCUT2D eigenvalue weighted by Crippen LogP contribution is -2.47. The standard InChI is InChI=1S/C25H44N2O/c1-3-5-6-7-8-10-24(4-2)25-13-11-23(12-14-25)15-17-27-20-18-26(19-21-27)16-9-22-28/h11-14,24,28H,3-10,15-22H2,1-2H3. The molecule has 0 bridgehead atoms. The fourth-order valence-corrected chi connectivity index (χ4v) is 4.38. The average Bonchev–Trinajstić information content (AvgIpc) is 2.74. The van der Waals surface area contributed by atoms with Crippen molar-refractivity contribution in [1.29, 1.82) is 0 Å². The monoisotopic (exact) mass is 388 g/mol. The van der Waals surface area contributed by atoms with Gasteiger partial charge >= 0.3 is 0 Å². The average molecular weight is 389 g/mol. The van der Waals surface area contributed by atoms with Crippen molar-refractivity contribution < 1.29 is 5.11 Å². The first kappa shape index (κ1) is 23.4. The van der Waals surface area contributed by atoms with E-state index in [1.807, 2.05) is 0 Å². The number of piperazine rings is 1. The molecule has 0 aliphatic carbocycles. The highest BCUT2D eigenvalue weighted by Gasteiger charge is 2.16. The highest BCUT2D eigenvalue weighted by molar-refractivity contribution is 5.25. The fraction of sp³-hybridized carbons (Fsp3) is 0.760. The number of hydrogen-bond acceptors (Lipinski definition) is 3. The molecule has 28 heavy (non-hydrogen) atoms. The Labute approximate surface area is 174 Å². The second kappa shape index (κ2) is 14.1. The highest BCUT2D eigenvalue weighted by atomic mass is 16.3. The number of aliphatic hydroxyl groups excluding tert-OH is 1. The predicted molar refractivity (Wildman–Crippen MR) is 121 cm³/mol. The molecule has 0 amide bonds. The molecule has 1 unspecified atom stereocenters. The minimum Gasteiger partial charge on any atom is -0.396 e. The van der Waals surface area contributed by atoms with Gasteiger partial charge in [0, 0.05) is 45.9 Å². The van der Waals surface area contributed by atoms with Crippen LogP contribution in [0.2, 0.25) is 0 Å². The Kier molecular flexibility index (Phi) is 11.8. The maximum atomic E-state index is 8.97. The van der Waals surface area contributed by atoms with E-state index in [4.69, 9.17) is 5.11 Å². The smallest absolute Gasteiger partial charge is 0.0443 e. The van der Waals surface area contributed by atoms with Gasteiger partial charge in [0.25, 0.3) is 0 Å². The van der Waals surface area contributed by atoms with Crippen LogP contribution >= 0.6 is 0 Å². The molecule has 3 heteroatoms. The van der Waals surface area contributed by atoms with Crippen molar-refractivity contribution in [3.8, 4) is 0 Å².